The van der Waals surface area contributed by atoms with Crippen LogP contribution in [0, 0.1) is 11.7 Å². The number of likely N-dealkylation sites (tertiary alicyclic amines) is 1. The first-order chi connectivity index (χ1) is 22.8. The Morgan fingerprint density at radius 3 is 2.23 bits per heavy atom. The lowest BCUT2D eigenvalue weighted by Crippen LogP contribution is -2.35. The third-order valence-corrected chi connectivity index (χ3v) is 8.67. The summed E-state index contributed by atoms with van der Waals surface area (Å²) in [6, 6.07) is 15.1. The van der Waals surface area contributed by atoms with Crippen molar-refractivity contribution in [2.75, 3.05) is 65.2 Å². The zero-order valence-corrected chi connectivity index (χ0v) is 27.1. The number of hydrogen-bond acceptors (Lipinski definition) is 8. The molecule has 0 spiro atoms. The van der Waals surface area contributed by atoms with Crippen LogP contribution in [0.25, 0.3) is 0 Å². The summed E-state index contributed by atoms with van der Waals surface area (Å²) in [5.74, 6) is -1.09. The molecular weight excluding hydrogens is 607 g/mol. The van der Waals surface area contributed by atoms with Crippen LogP contribution in [-0.2, 0) is 31.9 Å². The zero-order chi connectivity index (χ0) is 33.3. The second-order valence-electron chi connectivity index (χ2n) is 11.6. The van der Waals surface area contributed by atoms with Crippen molar-refractivity contribution in [2.45, 2.75) is 38.6 Å². The fourth-order valence-electron chi connectivity index (χ4n) is 6.45. The summed E-state index contributed by atoms with van der Waals surface area (Å²) in [6.45, 7) is 6.69. The Bertz CT molecular complexity index is 1510. The number of carboxylic acids is 1. The molecule has 11 heteroatoms. The molecule has 2 heterocycles. The fourth-order valence-corrected chi connectivity index (χ4v) is 6.45. The summed E-state index contributed by atoms with van der Waals surface area (Å²) in [4.78, 5) is 28.6. The van der Waals surface area contributed by atoms with E-state index in [9.17, 15) is 19.1 Å². The number of ether oxygens (including phenoxy) is 5. The number of aryl methyl sites for hydroxylation is 2. The molecule has 1 unspecified atom stereocenters. The highest BCUT2D eigenvalue weighted by Crippen LogP contribution is 2.47. The van der Waals surface area contributed by atoms with E-state index in [0.29, 0.717) is 93.1 Å². The number of nitrogens with one attached hydrogen (secondary N) is 1. The second-order valence-corrected chi connectivity index (χ2v) is 11.6. The first-order valence-corrected chi connectivity index (χ1v) is 16.1. The van der Waals surface area contributed by atoms with Crippen LogP contribution in [0.5, 0.6) is 17.2 Å². The Hall–Kier alpha value is -4.19. The largest absolute Gasteiger partial charge is 0.491 e. The van der Waals surface area contributed by atoms with Gasteiger partial charge in [0.15, 0.2) is 11.5 Å². The minimum Gasteiger partial charge on any atom is -0.491 e. The summed E-state index contributed by atoms with van der Waals surface area (Å²) >= 11 is 0. The molecule has 2 N–H and O–H groups in total. The lowest BCUT2D eigenvalue weighted by Gasteiger charge is -2.27. The van der Waals surface area contributed by atoms with Crippen molar-refractivity contribution in [3.63, 3.8) is 0 Å². The summed E-state index contributed by atoms with van der Waals surface area (Å²) in [5.41, 5.74) is 3.58. The Kier molecular flexibility index (Phi) is 11.7. The second kappa shape index (κ2) is 16.1. The van der Waals surface area contributed by atoms with Gasteiger partial charge in [-0.15, -0.1) is 0 Å². The number of rotatable bonds is 15. The molecule has 0 aliphatic carbocycles. The third kappa shape index (κ3) is 8.22. The fraction of sp³-hybridized carbons (Fsp3) is 0.444. The molecule has 47 heavy (non-hydrogen) atoms. The van der Waals surface area contributed by atoms with Crippen molar-refractivity contribution < 1.29 is 42.8 Å². The first-order valence-electron chi connectivity index (χ1n) is 16.1. The van der Waals surface area contributed by atoms with Crippen LogP contribution in [-0.4, -0.2) is 81.7 Å². The zero-order valence-electron chi connectivity index (χ0n) is 27.1. The van der Waals surface area contributed by atoms with E-state index in [1.165, 1.54) is 12.1 Å². The van der Waals surface area contributed by atoms with Gasteiger partial charge in [-0.05, 0) is 71.5 Å². The van der Waals surface area contributed by atoms with Gasteiger partial charge in [-0.3, -0.25) is 14.5 Å². The number of anilines is 1. The number of carboxylic acid groups (broad SMARTS) is 1. The molecule has 10 nitrogen and oxygen atoms in total. The van der Waals surface area contributed by atoms with Crippen LogP contribution in [0.15, 0.2) is 54.6 Å². The Morgan fingerprint density at radius 2 is 1.57 bits per heavy atom. The number of aliphatic carboxylic acids is 1. The number of methoxy groups -OCH3 is 1. The minimum atomic E-state index is -0.966. The molecule has 3 atom stereocenters. The van der Waals surface area contributed by atoms with Gasteiger partial charge >= 0.3 is 5.97 Å². The molecule has 3 aromatic rings. The molecule has 0 aromatic heterocycles. The molecule has 1 amide bonds. The van der Waals surface area contributed by atoms with Gasteiger partial charge in [0, 0.05) is 31.3 Å². The number of nitrogens with zero attached hydrogens (tertiary/aromatic N) is 1. The van der Waals surface area contributed by atoms with Gasteiger partial charge in [-0.1, -0.05) is 32.0 Å². The number of carbonyl (C=O) groups is 2. The maximum absolute atomic E-state index is 14.3. The summed E-state index contributed by atoms with van der Waals surface area (Å²) in [6.07, 6.45) is 1.10. The van der Waals surface area contributed by atoms with E-state index >= 15 is 0 Å². The minimum absolute atomic E-state index is 0.0593. The van der Waals surface area contributed by atoms with Crippen LogP contribution in [0.3, 0.4) is 0 Å². The Morgan fingerprint density at radius 1 is 0.915 bits per heavy atom. The van der Waals surface area contributed by atoms with E-state index < -0.39 is 23.8 Å². The molecule has 0 bridgehead atoms. The number of carbonyl (C=O) groups excluding carboxylic acids is 1. The van der Waals surface area contributed by atoms with Crippen LogP contribution < -0.4 is 19.5 Å². The molecule has 252 valence electrons. The van der Waals surface area contributed by atoms with Crippen LogP contribution >= 0.6 is 0 Å². The van der Waals surface area contributed by atoms with E-state index in [0.717, 1.165) is 11.1 Å². The maximum atomic E-state index is 14.3. The van der Waals surface area contributed by atoms with E-state index in [-0.39, 0.29) is 18.3 Å². The van der Waals surface area contributed by atoms with Crippen molar-refractivity contribution in [3.05, 3.63) is 82.7 Å². The average molecular weight is 651 g/mol. The van der Waals surface area contributed by atoms with E-state index in [2.05, 4.69) is 5.32 Å². The molecule has 1 saturated heterocycles. The van der Waals surface area contributed by atoms with Crippen molar-refractivity contribution in [1.82, 2.24) is 4.90 Å². The monoisotopic (exact) mass is 650 g/mol. The van der Waals surface area contributed by atoms with Crippen LogP contribution in [0.4, 0.5) is 10.1 Å². The highest BCUT2D eigenvalue weighted by atomic mass is 19.1. The van der Waals surface area contributed by atoms with Gasteiger partial charge in [0.1, 0.15) is 31.4 Å². The lowest BCUT2D eigenvalue weighted by atomic mass is 9.82. The molecule has 3 aromatic carbocycles. The lowest BCUT2D eigenvalue weighted by molar-refractivity contribution is -0.143. The number of halogens is 1. The molecule has 1 fully saturated rings. The van der Waals surface area contributed by atoms with Gasteiger partial charge in [-0.2, -0.15) is 0 Å². The molecule has 5 rings (SSSR count). The number of benzene rings is 3. The predicted octanol–water partition coefficient (Wildman–Crippen LogP) is 5.24. The van der Waals surface area contributed by atoms with E-state index in [4.69, 9.17) is 23.7 Å². The standard InChI is InChI=1S/C36H43FN2O8/c1-4-23-18-27(37)19-24(5-2)34(23)38-32(40)22-39-21-29(26-8-11-30-31(20-26)47-17-16-46-30)33(36(41)42)35(39)25-6-9-28(10-7-25)45-15-14-44-13-12-43-3/h6-11,18-20,29,33,35H,4-5,12-17,21-22H2,1-3H3,(H,38,40)(H,41,42)/t29-,33?,35+/m1/s1. The highest BCUT2D eigenvalue weighted by Gasteiger charge is 2.48. The average Bonchev–Trinajstić information content (AvgIpc) is 3.46. The quantitative estimate of drug-likeness (QED) is 0.213. The Labute approximate surface area is 274 Å². The number of hydrogen-bond donors (Lipinski definition) is 2. The van der Waals surface area contributed by atoms with Gasteiger partial charge in [0.25, 0.3) is 0 Å². The summed E-state index contributed by atoms with van der Waals surface area (Å²) < 4.78 is 42.0. The van der Waals surface area contributed by atoms with Crippen LogP contribution in [0.1, 0.15) is 48.1 Å². The van der Waals surface area contributed by atoms with Crippen molar-refractivity contribution in [3.8, 4) is 17.2 Å². The summed E-state index contributed by atoms with van der Waals surface area (Å²) in [5, 5.41) is 13.7. The first kappa shape index (κ1) is 34.2. The number of amides is 1. The van der Waals surface area contributed by atoms with Crippen molar-refractivity contribution in [2.24, 2.45) is 5.92 Å². The number of fused-ring (bicyclic) bond motifs is 1. The molecule has 0 saturated carbocycles. The highest BCUT2D eigenvalue weighted by molar-refractivity contribution is 5.94. The van der Waals surface area contributed by atoms with Crippen LogP contribution in [0.2, 0.25) is 0 Å². The maximum Gasteiger partial charge on any atom is 0.309 e. The van der Waals surface area contributed by atoms with Gasteiger partial charge in [0.05, 0.1) is 32.3 Å². The molecule has 2 aliphatic heterocycles. The smallest absolute Gasteiger partial charge is 0.309 e. The SMILES string of the molecule is CCc1cc(F)cc(CC)c1NC(=O)CN1C[C@H](c2ccc3c(c2)OCCO3)C(C(=O)O)[C@@H]1c1ccc(OCCOCCOC)cc1. The summed E-state index contributed by atoms with van der Waals surface area (Å²) in [7, 11) is 1.61. The Balaban J connectivity index is 1.41. The van der Waals surface area contributed by atoms with E-state index in [1.807, 2.05) is 49.1 Å². The van der Waals surface area contributed by atoms with Crippen molar-refractivity contribution in [1.29, 1.82) is 0 Å². The molecule has 0 radical (unpaired) electrons. The topological polar surface area (TPSA) is 116 Å². The van der Waals surface area contributed by atoms with Gasteiger partial charge < -0.3 is 34.1 Å². The van der Waals surface area contributed by atoms with E-state index in [1.54, 1.807) is 19.2 Å². The van der Waals surface area contributed by atoms with Crippen molar-refractivity contribution >= 4 is 17.6 Å². The van der Waals surface area contributed by atoms with Gasteiger partial charge in [0.2, 0.25) is 5.91 Å². The molecular formula is C36H43FN2O8. The van der Waals surface area contributed by atoms with Gasteiger partial charge in [-0.25, -0.2) is 4.39 Å². The molecule has 2 aliphatic rings. The predicted molar refractivity (Wildman–Crippen MR) is 174 cm³/mol. The third-order valence-electron chi connectivity index (χ3n) is 8.67. The normalized spacial score (nSPS) is 19.0.